The number of aliphatic hydroxyl groups is 2. The first-order valence-electron chi connectivity index (χ1n) is 10.2. The van der Waals surface area contributed by atoms with E-state index >= 15 is 0 Å². The molecule has 0 aliphatic heterocycles. The summed E-state index contributed by atoms with van der Waals surface area (Å²) in [7, 11) is 1.39. The van der Waals surface area contributed by atoms with Crippen molar-refractivity contribution in [1.29, 1.82) is 0 Å². The number of aliphatic hydroxyl groups excluding tert-OH is 2. The van der Waals surface area contributed by atoms with Gasteiger partial charge in [0, 0.05) is 74.1 Å². The molecule has 2 N–H and O–H groups in total. The normalized spacial score (nSPS) is 16.9. The summed E-state index contributed by atoms with van der Waals surface area (Å²) < 4.78 is 30.3. The standard InChI is InChI=1S/C13H25O6.C8H16O5.W.Y/c1-10(2)18-9-19-12(4)17-8-13(5,6-14)7-16-11(3)15;1-6(9)13-5-8(2,4-12-3)7(10)11;;/h10-12,15H,7-9H2,1-5H3;6,9H,4-5H2,1-3H3,(H,10,11);;/q-1;;;/p-1. The van der Waals surface area contributed by atoms with Gasteiger partial charge in [0.1, 0.15) is 6.79 Å². The first-order valence-corrected chi connectivity index (χ1v) is 10.2. The van der Waals surface area contributed by atoms with Gasteiger partial charge >= 0.3 is 0 Å². The molecule has 0 rings (SSSR count). The second kappa shape index (κ2) is 22.8. The van der Waals surface area contributed by atoms with E-state index in [-0.39, 0.29) is 93.1 Å². The quantitative estimate of drug-likeness (QED) is 0.153. The van der Waals surface area contributed by atoms with Crippen LogP contribution in [-0.4, -0.2) is 87.8 Å². The SMILES string of the molecule is CC(C)OCOC(C)OCC(C)([C-]=O)COC(C)O.COCC(C)(COC(C)O)C(=O)[O-].[W].[Y]. The van der Waals surface area contributed by atoms with E-state index in [0.717, 1.165) is 0 Å². The summed E-state index contributed by atoms with van der Waals surface area (Å²) in [5.74, 6) is -1.25. The number of carboxylic acid groups (broad SMARTS) is 1. The van der Waals surface area contributed by atoms with Crippen LogP contribution >= 0.6 is 0 Å². The third kappa shape index (κ3) is 23.0. The van der Waals surface area contributed by atoms with E-state index in [0.29, 0.717) is 0 Å². The van der Waals surface area contributed by atoms with Crippen LogP contribution in [0.2, 0.25) is 0 Å². The van der Waals surface area contributed by atoms with Crippen LogP contribution in [0.1, 0.15) is 48.5 Å². The Bertz CT molecular complexity index is 511. The van der Waals surface area contributed by atoms with E-state index in [2.05, 4.69) is 0 Å². The molecule has 13 heteroatoms. The molecule has 0 aromatic heterocycles. The van der Waals surface area contributed by atoms with E-state index in [4.69, 9.17) is 38.6 Å². The van der Waals surface area contributed by atoms with Gasteiger partial charge in [-0.2, -0.15) is 0 Å². The molecule has 34 heavy (non-hydrogen) atoms. The Morgan fingerprint density at radius 3 is 1.74 bits per heavy atom. The number of carbonyl (C=O) groups excluding carboxylic acids is 2. The van der Waals surface area contributed by atoms with Crippen molar-refractivity contribution in [2.24, 2.45) is 10.8 Å². The minimum atomic E-state index is -1.25. The summed E-state index contributed by atoms with van der Waals surface area (Å²) >= 11 is 0. The molecule has 201 valence electrons. The Kier molecular flexibility index (Phi) is 28.0. The fourth-order valence-corrected chi connectivity index (χ4v) is 1.81. The molecule has 0 aromatic rings. The maximum atomic E-state index is 10.9. The van der Waals surface area contributed by atoms with E-state index in [1.54, 1.807) is 13.8 Å². The number of carbonyl (C=O) groups is 1. The number of hydrogen-bond acceptors (Lipinski definition) is 11. The molecule has 0 heterocycles. The fraction of sp³-hybridized carbons (Fsp3) is 0.905. The third-order valence-electron chi connectivity index (χ3n) is 3.83. The minimum absolute atomic E-state index is 0. The van der Waals surface area contributed by atoms with Gasteiger partial charge in [-0.25, -0.2) is 0 Å². The second-order valence-electron chi connectivity index (χ2n) is 8.14. The molecule has 0 aromatic carbocycles. The molecule has 0 spiro atoms. The molecule has 1 radical (unpaired) electrons. The van der Waals surface area contributed by atoms with Crippen molar-refractivity contribution in [3.63, 3.8) is 0 Å². The molecule has 5 unspecified atom stereocenters. The molecule has 0 aliphatic rings. The van der Waals surface area contributed by atoms with E-state index < -0.39 is 35.7 Å². The molecule has 0 saturated heterocycles. The van der Waals surface area contributed by atoms with Crippen molar-refractivity contribution in [1.82, 2.24) is 0 Å². The van der Waals surface area contributed by atoms with Crippen molar-refractivity contribution < 1.29 is 107 Å². The zero-order valence-corrected chi connectivity index (χ0v) is 27.2. The number of rotatable bonds is 17. The van der Waals surface area contributed by atoms with Gasteiger partial charge in [-0.15, -0.1) is 0 Å². The zero-order chi connectivity index (χ0) is 25.4. The van der Waals surface area contributed by atoms with Crippen molar-refractivity contribution >= 4 is 12.3 Å². The van der Waals surface area contributed by atoms with Gasteiger partial charge in [0.05, 0.1) is 30.7 Å². The van der Waals surface area contributed by atoms with Crippen LogP contribution in [0.4, 0.5) is 0 Å². The molecular weight excluding hydrogens is 701 g/mol. The summed E-state index contributed by atoms with van der Waals surface area (Å²) in [5.41, 5.74) is -2.15. The average molecular weight is 741 g/mol. The Morgan fingerprint density at radius 2 is 1.35 bits per heavy atom. The monoisotopic (exact) mass is 741 g/mol. The summed E-state index contributed by atoms with van der Waals surface area (Å²) in [4.78, 5) is 21.6. The smallest absolute Gasteiger partial charge is 0.157 e. The molecule has 0 fully saturated rings. The van der Waals surface area contributed by atoms with Crippen LogP contribution in [0, 0.1) is 10.8 Å². The molecule has 11 nitrogen and oxygen atoms in total. The molecule has 0 saturated carbocycles. The molecular formula is C21H40O11WY-2. The zero-order valence-electron chi connectivity index (χ0n) is 21.4. The van der Waals surface area contributed by atoms with Gasteiger partial charge in [0.25, 0.3) is 0 Å². The molecule has 0 amide bonds. The first kappa shape index (κ1) is 41.7. The first-order chi connectivity index (χ1) is 14.7. The van der Waals surface area contributed by atoms with Crippen LogP contribution in [0.15, 0.2) is 0 Å². The van der Waals surface area contributed by atoms with Gasteiger partial charge in [0.2, 0.25) is 0 Å². The predicted molar refractivity (Wildman–Crippen MR) is 112 cm³/mol. The van der Waals surface area contributed by atoms with Crippen molar-refractivity contribution in [2.75, 3.05) is 40.3 Å². The van der Waals surface area contributed by atoms with E-state index in [1.807, 2.05) is 20.1 Å². The average Bonchev–Trinajstić information content (AvgIpc) is 2.69. The molecule has 0 aliphatic carbocycles. The predicted octanol–water partition coefficient (Wildman–Crippen LogP) is -0.0421. The van der Waals surface area contributed by atoms with Gasteiger partial charge in [-0.3, -0.25) is 6.29 Å². The third-order valence-corrected chi connectivity index (χ3v) is 3.83. The number of carboxylic acids is 1. The van der Waals surface area contributed by atoms with E-state index in [1.165, 1.54) is 27.9 Å². The number of aliphatic carboxylic acids is 1. The molecule has 0 bridgehead atoms. The van der Waals surface area contributed by atoms with Crippen LogP contribution in [0.5, 0.6) is 0 Å². The van der Waals surface area contributed by atoms with Crippen molar-refractivity contribution in [2.45, 2.75) is 73.4 Å². The van der Waals surface area contributed by atoms with Gasteiger partial charge in [0.15, 0.2) is 18.9 Å². The van der Waals surface area contributed by atoms with Gasteiger partial charge in [-0.05, 0) is 41.5 Å². The Morgan fingerprint density at radius 1 is 0.882 bits per heavy atom. The van der Waals surface area contributed by atoms with Crippen LogP contribution < -0.4 is 5.11 Å². The number of ether oxygens (including phenoxy) is 6. The maximum Gasteiger partial charge on any atom is 0.157 e. The minimum Gasteiger partial charge on any atom is -0.549 e. The second-order valence-corrected chi connectivity index (χ2v) is 8.14. The number of methoxy groups -OCH3 is 1. The number of hydrogen-bond donors (Lipinski definition) is 2. The van der Waals surface area contributed by atoms with Crippen molar-refractivity contribution in [3.8, 4) is 0 Å². The van der Waals surface area contributed by atoms with Crippen LogP contribution in [-0.2, 0) is 91.8 Å². The topological polar surface area (TPSA) is 153 Å². The van der Waals surface area contributed by atoms with Gasteiger partial charge in [-0.1, -0.05) is 12.3 Å². The van der Waals surface area contributed by atoms with Crippen molar-refractivity contribution in [3.05, 3.63) is 0 Å². The summed E-state index contributed by atoms with van der Waals surface area (Å²) in [6.45, 7) is 11.6. The summed E-state index contributed by atoms with van der Waals surface area (Å²) in [6, 6.07) is 0. The summed E-state index contributed by atoms with van der Waals surface area (Å²) in [5, 5.41) is 28.5. The Labute approximate surface area is 242 Å². The fourth-order valence-electron chi connectivity index (χ4n) is 1.81. The van der Waals surface area contributed by atoms with E-state index in [9.17, 15) is 14.7 Å². The van der Waals surface area contributed by atoms with Crippen LogP contribution in [0.3, 0.4) is 0 Å². The largest absolute Gasteiger partial charge is 0.549 e. The Balaban J connectivity index is -0.000000266. The van der Waals surface area contributed by atoms with Crippen LogP contribution in [0.25, 0.3) is 0 Å². The molecule has 5 atom stereocenters. The Hall–Kier alpha value is 0.612. The van der Waals surface area contributed by atoms with Gasteiger partial charge < -0.3 is 53.3 Å². The maximum absolute atomic E-state index is 10.9. The summed E-state index contributed by atoms with van der Waals surface area (Å²) in [6.07, 6.45) is -0.473.